The molecule has 0 atom stereocenters. The standard InChI is InChI=1S/C21H24N6O6S/c1-23-18-7-6-17(13-19(18)24(2)21(23)29)34(32,33)26-10-8-25(9-11-26)14-20(28)22-15-4-3-5-16(12-15)27(30)31/h3-7,12-13H,8-11,14H2,1-2H3,(H,22,28). The zero-order valence-electron chi connectivity index (χ0n) is 18.7. The fourth-order valence-corrected chi connectivity index (χ4v) is 5.47. The van der Waals surface area contributed by atoms with Crippen LogP contribution in [0.5, 0.6) is 0 Å². The van der Waals surface area contributed by atoms with Crippen molar-refractivity contribution in [1.82, 2.24) is 18.3 Å². The molecule has 1 N–H and O–H groups in total. The Balaban J connectivity index is 1.39. The number of hydrogen-bond acceptors (Lipinski definition) is 7. The number of nitrogens with zero attached hydrogens (tertiary/aromatic N) is 5. The van der Waals surface area contributed by atoms with E-state index in [-0.39, 0.29) is 41.8 Å². The van der Waals surface area contributed by atoms with E-state index in [9.17, 15) is 28.1 Å². The van der Waals surface area contributed by atoms with Crippen molar-refractivity contribution in [2.45, 2.75) is 4.90 Å². The maximum absolute atomic E-state index is 13.2. The van der Waals surface area contributed by atoms with Crippen molar-refractivity contribution in [1.29, 1.82) is 0 Å². The quantitative estimate of drug-likeness (QED) is 0.398. The number of carbonyl (C=O) groups is 1. The molecule has 1 aromatic heterocycles. The number of fused-ring (bicyclic) bond motifs is 1. The first-order chi connectivity index (χ1) is 16.1. The molecular weight excluding hydrogens is 464 g/mol. The van der Waals surface area contributed by atoms with Gasteiger partial charge in [-0.2, -0.15) is 4.31 Å². The number of aromatic nitrogens is 2. The highest BCUT2D eigenvalue weighted by Gasteiger charge is 2.29. The molecule has 0 saturated carbocycles. The minimum atomic E-state index is -3.77. The number of sulfonamides is 1. The zero-order chi connectivity index (χ0) is 24.6. The number of imidazole rings is 1. The zero-order valence-corrected chi connectivity index (χ0v) is 19.5. The molecule has 2 heterocycles. The molecule has 0 radical (unpaired) electrons. The van der Waals surface area contributed by atoms with Gasteiger partial charge in [0.05, 0.1) is 27.4 Å². The Morgan fingerprint density at radius 3 is 2.38 bits per heavy atom. The molecule has 1 saturated heterocycles. The van der Waals surface area contributed by atoms with E-state index < -0.39 is 14.9 Å². The van der Waals surface area contributed by atoms with Crippen molar-refractivity contribution in [2.75, 3.05) is 38.0 Å². The molecule has 2 aromatic carbocycles. The van der Waals surface area contributed by atoms with Crippen molar-refractivity contribution in [3.8, 4) is 0 Å². The van der Waals surface area contributed by atoms with Crippen LogP contribution in [0.25, 0.3) is 11.0 Å². The molecule has 0 aliphatic carbocycles. The second-order valence-electron chi connectivity index (χ2n) is 8.09. The van der Waals surface area contributed by atoms with Crippen LogP contribution in [-0.2, 0) is 28.9 Å². The van der Waals surface area contributed by atoms with E-state index in [2.05, 4.69) is 5.32 Å². The highest BCUT2D eigenvalue weighted by molar-refractivity contribution is 7.89. The molecule has 1 fully saturated rings. The van der Waals surface area contributed by atoms with E-state index in [0.717, 1.165) is 0 Å². The third kappa shape index (κ3) is 4.44. The summed E-state index contributed by atoms with van der Waals surface area (Å²) in [5.74, 6) is -0.341. The number of nitro groups is 1. The average Bonchev–Trinajstić information content (AvgIpc) is 3.03. The number of rotatable bonds is 6. The molecule has 34 heavy (non-hydrogen) atoms. The molecule has 3 aromatic rings. The van der Waals surface area contributed by atoms with Gasteiger partial charge in [-0.3, -0.25) is 28.9 Å². The van der Waals surface area contributed by atoms with Gasteiger partial charge >= 0.3 is 5.69 Å². The fourth-order valence-electron chi connectivity index (χ4n) is 4.02. The minimum absolute atomic E-state index is 0.0364. The summed E-state index contributed by atoms with van der Waals surface area (Å²) in [4.78, 5) is 36.8. The van der Waals surface area contributed by atoms with Crippen LogP contribution in [0.1, 0.15) is 0 Å². The molecule has 180 valence electrons. The molecule has 4 rings (SSSR count). The summed E-state index contributed by atoms with van der Waals surface area (Å²) in [5, 5.41) is 13.5. The SMILES string of the molecule is Cn1c(=O)n(C)c2cc(S(=O)(=O)N3CCN(CC(=O)Nc4cccc([N+](=O)[O-])c4)CC3)ccc21. The highest BCUT2D eigenvalue weighted by Crippen LogP contribution is 2.22. The fraction of sp³-hybridized carbons (Fsp3) is 0.333. The second-order valence-corrected chi connectivity index (χ2v) is 10.0. The maximum Gasteiger partial charge on any atom is 0.328 e. The van der Waals surface area contributed by atoms with Gasteiger partial charge in [-0.05, 0) is 24.3 Å². The molecule has 0 unspecified atom stereocenters. The predicted octanol–water partition coefficient (Wildman–Crippen LogP) is 0.730. The largest absolute Gasteiger partial charge is 0.328 e. The number of benzene rings is 2. The van der Waals surface area contributed by atoms with E-state index >= 15 is 0 Å². The molecule has 13 heteroatoms. The predicted molar refractivity (Wildman–Crippen MR) is 125 cm³/mol. The number of amides is 1. The first kappa shape index (κ1) is 23.6. The van der Waals surface area contributed by atoms with Gasteiger partial charge in [0.25, 0.3) is 5.69 Å². The molecule has 0 spiro atoms. The number of nitrogens with one attached hydrogen (secondary N) is 1. The summed E-state index contributed by atoms with van der Waals surface area (Å²) in [5.41, 5.74) is 1.15. The third-order valence-corrected chi connectivity index (χ3v) is 7.82. The van der Waals surface area contributed by atoms with Gasteiger partial charge in [0.1, 0.15) is 0 Å². The van der Waals surface area contributed by atoms with Crippen LogP contribution in [0.3, 0.4) is 0 Å². The Morgan fingerprint density at radius 2 is 1.71 bits per heavy atom. The molecular formula is C21H24N6O6S. The second kappa shape index (κ2) is 9.00. The van der Waals surface area contributed by atoms with Crippen LogP contribution in [0.2, 0.25) is 0 Å². The van der Waals surface area contributed by atoms with E-state index in [0.29, 0.717) is 29.8 Å². The topological polar surface area (TPSA) is 140 Å². The van der Waals surface area contributed by atoms with Gasteiger partial charge in [-0.1, -0.05) is 6.07 Å². The van der Waals surface area contributed by atoms with Crippen molar-refractivity contribution < 1.29 is 18.1 Å². The lowest BCUT2D eigenvalue weighted by Crippen LogP contribution is -2.50. The molecule has 12 nitrogen and oxygen atoms in total. The Hall–Kier alpha value is -3.55. The van der Waals surface area contributed by atoms with Crippen LogP contribution in [0, 0.1) is 10.1 Å². The van der Waals surface area contributed by atoms with E-state index in [1.54, 1.807) is 26.2 Å². The lowest BCUT2D eigenvalue weighted by atomic mass is 10.2. The van der Waals surface area contributed by atoms with Crippen LogP contribution in [0.4, 0.5) is 11.4 Å². The van der Waals surface area contributed by atoms with E-state index in [1.807, 2.05) is 4.90 Å². The lowest BCUT2D eigenvalue weighted by Gasteiger charge is -2.33. The maximum atomic E-state index is 13.2. The summed E-state index contributed by atoms with van der Waals surface area (Å²) in [6.07, 6.45) is 0. The van der Waals surface area contributed by atoms with Gasteiger partial charge in [0, 0.05) is 58.1 Å². The molecule has 1 aliphatic rings. The van der Waals surface area contributed by atoms with E-state index in [1.165, 1.54) is 43.8 Å². The van der Waals surface area contributed by atoms with Gasteiger partial charge in [-0.15, -0.1) is 0 Å². The van der Waals surface area contributed by atoms with Crippen molar-refractivity contribution in [3.05, 3.63) is 63.1 Å². The Bertz CT molecular complexity index is 1440. The number of anilines is 1. The van der Waals surface area contributed by atoms with Gasteiger partial charge in [-0.25, -0.2) is 13.2 Å². The van der Waals surface area contributed by atoms with Crippen LogP contribution in [-0.4, -0.2) is 70.3 Å². The van der Waals surface area contributed by atoms with Crippen molar-refractivity contribution >= 4 is 38.3 Å². The highest BCUT2D eigenvalue weighted by atomic mass is 32.2. The van der Waals surface area contributed by atoms with E-state index in [4.69, 9.17) is 0 Å². The summed E-state index contributed by atoms with van der Waals surface area (Å²) >= 11 is 0. The number of aryl methyl sites for hydroxylation is 2. The first-order valence-corrected chi connectivity index (χ1v) is 11.9. The van der Waals surface area contributed by atoms with Crippen LogP contribution in [0.15, 0.2) is 52.2 Å². The average molecular weight is 489 g/mol. The van der Waals surface area contributed by atoms with Crippen LogP contribution < -0.4 is 11.0 Å². The number of non-ortho nitro benzene ring substituents is 1. The molecule has 1 aliphatic heterocycles. The lowest BCUT2D eigenvalue weighted by molar-refractivity contribution is -0.384. The van der Waals surface area contributed by atoms with Gasteiger partial charge < -0.3 is 5.32 Å². The Kier molecular flexibility index (Phi) is 6.25. The monoisotopic (exact) mass is 488 g/mol. The molecule has 0 bridgehead atoms. The molecule has 1 amide bonds. The Labute approximate surface area is 195 Å². The summed E-state index contributed by atoms with van der Waals surface area (Å²) in [6.45, 7) is 1.16. The smallest absolute Gasteiger partial charge is 0.325 e. The number of nitro benzene ring substituents is 1. The summed E-state index contributed by atoms with van der Waals surface area (Å²) < 4.78 is 30.6. The van der Waals surface area contributed by atoms with Crippen molar-refractivity contribution in [2.24, 2.45) is 14.1 Å². The number of carbonyl (C=O) groups excluding carboxylic acids is 1. The normalized spacial score (nSPS) is 15.5. The third-order valence-electron chi connectivity index (χ3n) is 5.92. The van der Waals surface area contributed by atoms with Crippen LogP contribution >= 0.6 is 0 Å². The number of hydrogen-bond donors (Lipinski definition) is 1. The minimum Gasteiger partial charge on any atom is -0.325 e. The number of piperazine rings is 1. The van der Waals surface area contributed by atoms with Gasteiger partial charge in [0.2, 0.25) is 15.9 Å². The summed E-state index contributed by atoms with van der Waals surface area (Å²) in [7, 11) is -0.542. The Morgan fingerprint density at radius 1 is 1.03 bits per heavy atom. The first-order valence-electron chi connectivity index (χ1n) is 10.5. The summed E-state index contributed by atoms with van der Waals surface area (Å²) in [6, 6.07) is 10.3. The van der Waals surface area contributed by atoms with Gasteiger partial charge in [0.15, 0.2) is 0 Å². The van der Waals surface area contributed by atoms with Crippen molar-refractivity contribution in [3.63, 3.8) is 0 Å².